The Labute approximate surface area is 184 Å². The molecule has 1 aliphatic rings. The molecule has 32 heavy (non-hydrogen) atoms. The van der Waals surface area contributed by atoms with Crippen molar-refractivity contribution in [3.05, 3.63) is 89.7 Å². The molecule has 0 unspecified atom stereocenters. The monoisotopic (exact) mass is 454 g/mol. The van der Waals surface area contributed by atoms with Crippen molar-refractivity contribution in [1.82, 2.24) is 0 Å². The van der Waals surface area contributed by atoms with Gasteiger partial charge in [-0.15, -0.1) is 4.40 Å². The maximum atomic E-state index is 13.9. The second-order valence-corrected chi connectivity index (χ2v) is 8.40. The number of carbonyl (C=O) groups excluding carboxylic acids is 1. The molecule has 0 bridgehead atoms. The molecule has 9 heteroatoms. The number of fused-ring (bicyclic) bond motifs is 1. The van der Waals surface area contributed by atoms with Crippen molar-refractivity contribution in [3.63, 3.8) is 0 Å². The fraction of sp³-hybridized carbons (Fsp3) is 0.130. The van der Waals surface area contributed by atoms with E-state index < -0.39 is 21.8 Å². The minimum Gasteiger partial charge on any atom is -0.495 e. The minimum atomic E-state index is -3.87. The smallest absolute Gasteiger partial charge is 0.341 e. The zero-order valence-electron chi connectivity index (χ0n) is 17.1. The van der Waals surface area contributed by atoms with Gasteiger partial charge >= 0.3 is 5.97 Å². The summed E-state index contributed by atoms with van der Waals surface area (Å²) >= 11 is 0. The van der Waals surface area contributed by atoms with Gasteiger partial charge in [-0.2, -0.15) is 8.42 Å². The van der Waals surface area contributed by atoms with Gasteiger partial charge in [-0.3, -0.25) is 0 Å². The highest BCUT2D eigenvalue weighted by Crippen LogP contribution is 2.34. The number of halogens is 1. The molecule has 3 aromatic carbocycles. The van der Waals surface area contributed by atoms with Gasteiger partial charge in [0.25, 0.3) is 10.0 Å². The van der Waals surface area contributed by atoms with Crippen LogP contribution in [0.5, 0.6) is 5.75 Å². The maximum absolute atomic E-state index is 13.9. The Bertz CT molecular complexity index is 1310. The molecular formula is C23H19FN2O5S. The first-order chi connectivity index (χ1) is 15.4. The Hall–Kier alpha value is -3.72. The van der Waals surface area contributed by atoms with Gasteiger partial charge in [0.15, 0.2) is 5.84 Å². The first-order valence-electron chi connectivity index (χ1n) is 9.69. The fourth-order valence-corrected chi connectivity index (χ4v) is 4.62. The average Bonchev–Trinajstić information content (AvgIpc) is 3.08. The summed E-state index contributed by atoms with van der Waals surface area (Å²) in [6.45, 7) is -0.0876. The molecule has 164 valence electrons. The molecule has 7 nitrogen and oxygen atoms in total. The lowest BCUT2D eigenvalue weighted by molar-refractivity contribution is 0.0512. The van der Waals surface area contributed by atoms with Crippen LogP contribution >= 0.6 is 0 Å². The highest BCUT2D eigenvalue weighted by Gasteiger charge is 2.33. The summed E-state index contributed by atoms with van der Waals surface area (Å²) in [5.74, 6) is -0.826. The summed E-state index contributed by atoms with van der Waals surface area (Å²) < 4.78 is 53.7. The van der Waals surface area contributed by atoms with Gasteiger partial charge in [0.05, 0.1) is 24.9 Å². The number of nitrogens with zero attached hydrogens (tertiary/aromatic N) is 2. The molecule has 0 fully saturated rings. The van der Waals surface area contributed by atoms with E-state index in [1.807, 2.05) is 0 Å². The van der Waals surface area contributed by atoms with Crippen LogP contribution in [0.3, 0.4) is 0 Å². The number of benzene rings is 3. The van der Waals surface area contributed by atoms with Crippen LogP contribution < -0.4 is 9.64 Å². The number of para-hydroxylation sites is 2. The summed E-state index contributed by atoms with van der Waals surface area (Å²) in [7, 11) is -2.37. The molecule has 3 aromatic rings. The van der Waals surface area contributed by atoms with Crippen LogP contribution in [-0.2, 0) is 14.8 Å². The Morgan fingerprint density at radius 2 is 1.69 bits per heavy atom. The molecule has 0 saturated heterocycles. The molecule has 0 amide bonds. The molecule has 0 N–H and O–H groups in total. The summed E-state index contributed by atoms with van der Waals surface area (Å²) in [6, 6.07) is 19.0. The second-order valence-electron chi connectivity index (χ2n) is 6.83. The standard InChI is InChI=1S/C23H19FN2O5S/c1-30-20-12-6-5-11-19(20)26(14-15-31-23(27)16-8-2-4-10-18(16)24)22-17-9-3-7-13-21(17)32(28,29)25-22/h2-13H,14-15H2,1H3. The highest BCUT2D eigenvalue weighted by molar-refractivity contribution is 7.90. The van der Waals surface area contributed by atoms with E-state index in [4.69, 9.17) is 9.47 Å². The van der Waals surface area contributed by atoms with E-state index in [1.165, 1.54) is 37.4 Å². The second kappa shape index (κ2) is 8.80. The van der Waals surface area contributed by atoms with Gasteiger partial charge in [0.2, 0.25) is 0 Å². The molecule has 0 atom stereocenters. The number of anilines is 1. The number of amidine groups is 1. The topological polar surface area (TPSA) is 85.3 Å². The summed E-state index contributed by atoms with van der Waals surface area (Å²) in [6.07, 6.45) is 0. The van der Waals surface area contributed by atoms with Crippen molar-refractivity contribution in [2.24, 2.45) is 4.40 Å². The molecule has 4 rings (SSSR count). The molecular weight excluding hydrogens is 435 g/mol. The number of carbonyl (C=O) groups is 1. The summed E-state index contributed by atoms with van der Waals surface area (Å²) in [5.41, 5.74) is 0.795. The summed E-state index contributed by atoms with van der Waals surface area (Å²) in [5, 5.41) is 0. The Kier molecular flexibility index (Phi) is 5.91. The van der Waals surface area contributed by atoms with Gasteiger partial charge in [-0.05, 0) is 36.4 Å². The zero-order valence-corrected chi connectivity index (χ0v) is 17.9. The third-order valence-corrected chi connectivity index (χ3v) is 6.21. The lowest BCUT2D eigenvalue weighted by Crippen LogP contribution is -2.35. The number of esters is 1. The number of hydrogen-bond acceptors (Lipinski definition) is 6. The van der Waals surface area contributed by atoms with E-state index in [1.54, 1.807) is 47.4 Å². The van der Waals surface area contributed by atoms with Gasteiger partial charge in [-0.1, -0.05) is 36.4 Å². The van der Waals surface area contributed by atoms with Crippen molar-refractivity contribution in [3.8, 4) is 5.75 Å². The molecule has 0 spiro atoms. The highest BCUT2D eigenvalue weighted by atomic mass is 32.2. The van der Waals surface area contributed by atoms with Gasteiger partial charge < -0.3 is 14.4 Å². The van der Waals surface area contributed by atoms with Crippen LogP contribution in [0.2, 0.25) is 0 Å². The minimum absolute atomic E-state index is 0.0588. The van der Waals surface area contributed by atoms with Crippen LogP contribution in [0.4, 0.5) is 10.1 Å². The van der Waals surface area contributed by atoms with Crippen LogP contribution in [0.25, 0.3) is 0 Å². The number of ether oxygens (including phenoxy) is 2. The number of sulfonamides is 1. The van der Waals surface area contributed by atoms with Gasteiger partial charge in [0.1, 0.15) is 23.1 Å². The molecule has 0 aromatic heterocycles. The third-order valence-electron chi connectivity index (χ3n) is 4.89. The Morgan fingerprint density at radius 3 is 2.47 bits per heavy atom. The van der Waals surface area contributed by atoms with Gasteiger partial charge in [0, 0.05) is 5.56 Å². The predicted molar refractivity (Wildman–Crippen MR) is 117 cm³/mol. The zero-order chi connectivity index (χ0) is 22.7. The van der Waals surface area contributed by atoms with E-state index in [9.17, 15) is 17.6 Å². The first-order valence-corrected chi connectivity index (χ1v) is 11.1. The van der Waals surface area contributed by atoms with Crippen LogP contribution in [0.1, 0.15) is 15.9 Å². The fourth-order valence-electron chi connectivity index (χ4n) is 3.41. The predicted octanol–water partition coefficient (Wildman–Crippen LogP) is 3.65. The molecule has 1 heterocycles. The number of methoxy groups -OCH3 is 1. The molecule has 0 aliphatic carbocycles. The lowest BCUT2D eigenvalue weighted by atomic mass is 10.1. The molecule has 1 aliphatic heterocycles. The van der Waals surface area contributed by atoms with Crippen molar-refractivity contribution < 1.29 is 27.1 Å². The third kappa shape index (κ3) is 4.06. The van der Waals surface area contributed by atoms with Gasteiger partial charge in [-0.25, -0.2) is 9.18 Å². The van der Waals surface area contributed by atoms with E-state index in [-0.39, 0.29) is 29.4 Å². The quantitative estimate of drug-likeness (QED) is 0.529. The molecule has 0 saturated carbocycles. The van der Waals surface area contributed by atoms with E-state index in [0.717, 1.165) is 0 Å². The van der Waals surface area contributed by atoms with Crippen molar-refractivity contribution >= 4 is 27.5 Å². The summed E-state index contributed by atoms with van der Waals surface area (Å²) in [4.78, 5) is 14.0. The van der Waals surface area contributed by atoms with Crippen LogP contribution in [-0.4, -0.2) is 40.5 Å². The molecule has 0 radical (unpaired) electrons. The first kappa shape index (κ1) is 21.5. The number of rotatable bonds is 6. The van der Waals surface area contributed by atoms with Crippen molar-refractivity contribution in [1.29, 1.82) is 0 Å². The van der Waals surface area contributed by atoms with Crippen molar-refractivity contribution in [2.75, 3.05) is 25.2 Å². The normalized spacial score (nSPS) is 13.8. The van der Waals surface area contributed by atoms with Crippen LogP contribution in [0.15, 0.2) is 82.1 Å². The van der Waals surface area contributed by atoms with Crippen LogP contribution in [0, 0.1) is 5.82 Å². The Balaban J connectivity index is 1.66. The SMILES string of the molecule is COc1ccccc1N(CCOC(=O)c1ccccc1F)C1=NS(=O)(=O)c2ccccc21. The van der Waals surface area contributed by atoms with E-state index in [0.29, 0.717) is 17.0 Å². The van der Waals surface area contributed by atoms with Crippen molar-refractivity contribution in [2.45, 2.75) is 4.90 Å². The Morgan fingerprint density at radius 1 is 1.00 bits per heavy atom. The maximum Gasteiger partial charge on any atom is 0.341 e. The lowest BCUT2D eigenvalue weighted by Gasteiger charge is -2.26. The van der Waals surface area contributed by atoms with E-state index >= 15 is 0 Å². The average molecular weight is 454 g/mol. The van der Waals surface area contributed by atoms with E-state index in [2.05, 4.69) is 4.40 Å². The number of hydrogen-bond donors (Lipinski definition) is 0. The largest absolute Gasteiger partial charge is 0.495 e.